The van der Waals surface area contributed by atoms with Gasteiger partial charge in [0, 0.05) is 6.42 Å². The third-order valence-electron chi connectivity index (χ3n) is 3.60. The summed E-state index contributed by atoms with van der Waals surface area (Å²) in [6, 6.07) is 17.6. The average Bonchev–Trinajstić information content (AvgIpc) is 2.56. The minimum Gasteiger partial charge on any atom is -0.369 e. The molecule has 120 valence electrons. The molecular formula is C20H22O3. The molecule has 3 nitrogen and oxygen atoms in total. The first kappa shape index (κ1) is 17.1. The second-order valence-electron chi connectivity index (χ2n) is 5.58. The van der Waals surface area contributed by atoms with Crippen molar-refractivity contribution in [2.45, 2.75) is 32.8 Å². The van der Waals surface area contributed by atoms with E-state index in [4.69, 9.17) is 4.74 Å². The molecule has 2 aromatic rings. The van der Waals surface area contributed by atoms with Gasteiger partial charge in [-0.05, 0) is 23.1 Å². The molecule has 0 bridgehead atoms. The van der Waals surface area contributed by atoms with Gasteiger partial charge in [0.05, 0.1) is 13.0 Å². The van der Waals surface area contributed by atoms with Gasteiger partial charge >= 0.3 is 0 Å². The molecule has 0 saturated carbocycles. The van der Waals surface area contributed by atoms with Crippen LogP contribution in [0.15, 0.2) is 54.6 Å². The molecule has 0 fully saturated rings. The van der Waals surface area contributed by atoms with Gasteiger partial charge in [0.25, 0.3) is 0 Å². The molecule has 0 unspecified atom stereocenters. The van der Waals surface area contributed by atoms with Crippen molar-refractivity contribution in [1.82, 2.24) is 0 Å². The predicted octanol–water partition coefficient (Wildman–Crippen LogP) is 3.54. The Hall–Kier alpha value is -2.26. The molecular weight excluding hydrogens is 288 g/mol. The van der Waals surface area contributed by atoms with Crippen LogP contribution in [0, 0.1) is 0 Å². The van der Waals surface area contributed by atoms with Gasteiger partial charge in [-0.2, -0.15) is 0 Å². The Morgan fingerprint density at radius 3 is 2.13 bits per heavy atom. The fourth-order valence-corrected chi connectivity index (χ4v) is 2.31. The van der Waals surface area contributed by atoms with E-state index in [1.165, 1.54) is 5.56 Å². The highest BCUT2D eigenvalue weighted by atomic mass is 16.5. The number of benzene rings is 2. The van der Waals surface area contributed by atoms with E-state index in [0.717, 1.165) is 17.5 Å². The fourth-order valence-electron chi connectivity index (χ4n) is 2.31. The number of hydrogen-bond acceptors (Lipinski definition) is 3. The van der Waals surface area contributed by atoms with Gasteiger partial charge in [0.1, 0.15) is 12.4 Å². The van der Waals surface area contributed by atoms with E-state index >= 15 is 0 Å². The van der Waals surface area contributed by atoms with E-state index in [1.807, 2.05) is 54.6 Å². The summed E-state index contributed by atoms with van der Waals surface area (Å²) in [4.78, 5) is 23.7. The van der Waals surface area contributed by atoms with Crippen LogP contribution < -0.4 is 0 Å². The second-order valence-corrected chi connectivity index (χ2v) is 5.58. The van der Waals surface area contributed by atoms with E-state index < -0.39 is 0 Å². The summed E-state index contributed by atoms with van der Waals surface area (Å²) in [6.07, 6.45) is 1.21. The summed E-state index contributed by atoms with van der Waals surface area (Å²) in [7, 11) is 0. The van der Waals surface area contributed by atoms with E-state index in [-0.39, 0.29) is 24.6 Å². The smallest absolute Gasteiger partial charge is 0.165 e. The molecule has 3 heteroatoms. The topological polar surface area (TPSA) is 43.4 Å². The first-order valence-electron chi connectivity index (χ1n) is 7.90. The Kier molecular flexibility index (Phi) is 6.70. The normalized spacial score (nSPS) is 10.5. The zero-order chi connectivity index (χ0) is 16.5. The maximum Gasteiger partial charge on any atom is 0.165 e. The second kappa shape index (κ2) is 9.01. The highest BCUT2D eigenvalue weighted by molar-refractivity contribution is 6.00. The lowest BCUT2D eigenvalue weighted by molar-refractivity contribution is -0.129. The summed E-state index contributed by atoms with van der Waals surface area (Å²) in [5.41, 5.74) is 3.21. The third-order valence-corrected chi connectivity index (χ3v) is 3.60. The van der Waals surface area contributed by atoms with Crippen molar-refractivity contribution in [3.05, 3.63) is 71.3 Å². The van der Waals surface area contributed by atoms with Crippen molar-refractivity contribution in [3.8, 4) is 0 Å². The van der Waals surface area contributed by atoms with Gasteiger partial charge in [-0.3, -0.25) is 9.59 Å². The number of carbonyl (C=O) groups excluding carboxylic acids is 2. The standard InChI is InChI=1S/C20H22O3/c1-2-16-8-10-17(11-9-16)12-19(21)13-20(22)15-23-14-18-6-4-3-5-7-18/h3-11H,2,12-15H2,1H3. The fraction of sp³-hybridized carbons (Fsp3) is 0.300. The van der Waals surface area contributed by atoms with Crippen molar-refractivity contribution >= 4 is 11.6 Å². The van der Waals surface area contributed by atoms with Gasteiger partial charge in [0.2, 0.25) is 0 Å². The largest absolute Gasteiger partial charge is 0.369 e. The minimum atomic E-state index is -0.170. The molecule has 23 heavy (non-hydrogen) atoms. The highest BCUT2D eigenvalue weighted by Gasteiger charge is 2.10. The van der Waals surface area contributed by atoms with Crippen molar-refractivity contribution in [3.63, 3.8) is 0 Å². The maximum absolute atomic E-state index is 11.9. The first-order valence-corrected chi connectivity index (χ1v) is 7.90. The lowest BCUT2D eigenvalue weighted by Gasteiger charge is -2.05. The lowest BCUT2D eigenvalue weighted by Crippen LogP contribution is -2.15. The van der Waals surface area contributed by atoms with Crippen molar-refractivity contribution in [2.75, 3.05) is 6.61 Å². The van der Waals surface area contributed by atoms with E-state index in [9.17, 15) is 9.59 Å². The van der Waals surface area contributed by atoms with Crippen LogP contribution in [0.4, 0.5) is 0 Å². The van der Waals surface area contributed by atoms with E-state index in [1.54, 1.807) is 0 Å². The molecule has 0 saturated heterocycles. The summed E-state index contributed by atoms with van der Waals surface area (Å²) in [5, 5.41) is 0. The Balaban J connectivity index is 1.70. The molecule has 2 aromatic carbocycles. The van der Waals surface area contributed by atoms with Crippen LogP contribution in [0.5, 0.6) is 0 Å². The highest BCUT2D eigenvalue weighted by Crippen LogP contribution is 2.07. The Morgan fingerprint density at radius 1 is 0.826 bits per heavy atom. The molecule has 0 aliphatic rings. The van der Waals surface area contributed by atoms with Crippen LogP contribution in [0.1, 0.15) is 30.0 Å². The van der Waals surface area contributed by atoms with Gasteiger partial charge in [-0.25, -0.2) is 0 Å². The van der Waals surface area contributed by atoms with Crippen LogP contribution >= 0.6 is 0 Å². The number of ether oxygens (including phenoxy) is 1. The summed E-state index contributed by atoms with van der Waals surface area (Å²) in [6.45, 7) is 2.46. The van der Waals surface area contributed by atoms with Crippen molar-refractivity contribution in [2.24, 2.45) is 0 Å². The SMILES string of the molecule is CCc1ccc(CC(=O)CC(=O)COCc2ccccc2)cc1. The minimum absolute atomic E-state index is 0.0184. The van der Waals surface area contributed by atoms with Crippen molar-refractivity contribution in [1.29, 1.82) is 0 Å². The zero-order valence-corrected chi connectivity index (χ0v) is 13.5. The molecule has 0 amide bonds. The lowest BCUT2D eigenvalue weighted by atomic mass is 10.0. The molecule has 0 radical (unpaired) electrons. The Bertz CT molecular complexity index is 630. The monoisotopic (exact) mass is 310 g/mol. The zero-order valence-electron chi connectivity index (χ0n) is 13.5. The molecule has 0 atom stereocenters. The number of Topliss-reactive ketones (excluding diaryl/α,β-unsaturated/α-hetero) is 2. The molecule has 0 aromatic heterocycles. The van der Waals surface area contributed by atoms with Crippen molar-refractivity contribution < 1.29 is 14.3 Å². The maximum atomic E-state index is 11.9. The van der Waals surface area contributed by atoms with E-state index in [2.05, 4.69) is 6.92 Å². The molecule has 0 N–H and O–H groups in total. The van der Waals surface area contributed by atoms with Gasteiger partial charge in [0.15, 0.2) is 5.78 Å². The first-order chi connectivity index (χ1) is 11.2. The average molecular weight is 310 g/mol. The molecule has 2 rings (SSSR count). The molecule has 0 aliphatic carbocycles. The summed E-state index contributed by atoms with van der Waals surface area (Å²) >= 11 is 0. The van der Waals surface area contributed by atoms with Crippen LogP contribution in [0.2, 0.25) is 0 Å². The quantitative estimate of drug-likeness (QED) is 0.665. The predicted molar refractivity (Wildman–Crippen MR) is 90.3 cm³/mol. The number of hydrogen-bond donors (Lipinski definition) is 0. The Morgan fingerprint density at radius 2 is 1.48 bits per heavy atom. The van der Waals surface area contributed by atoms with Gasteiger partial charge in [-0.15, -0.1) is 0 Å². The number of rotatable bonds is 9. The van der Waals surface area contributed by atoms with Gasteiger partial charge in [-0.1, -0.05) is 61.5 Å². The molecule has 0 spiro atoms. The van der Waals surface area contributed by atoms with Gasteiger partial charge < -0.3 is 4.74 Å². The van der Waals surface area contributed by atoms with Crippen LogP contribution in [0.25, 0.3) is 0 Å². The number of aryl methyl sites for hydroxylation is 1. The van der Waals surface area contributed by atoms with Crippen LogP contribution in [0.3, 0.4) is 0 Å². The molecule has 0 aliphatic heterocycles. The summed E-state index contributed by atoms with van der Waals surface area (Å²) in [5.74, 6) is -0.237. The Labute approximate surface area is 137 Å². The van der Waals surface area contributed by atoms with Crippen LogP contribution in [-0.4, -0.2) is 18.2 Å². The third kappa shape index (κ3) is 6.17. The van der Waals surface area contributed by atoms with E-state index in [0.29, 0.717) is 13.0 Å². The van der Waals surface area contributed by atoms with Crippen LogP contribution in [-0.2, 0) is 33.8 Å². The number of ketones is 2. The number of carbonyl (C=O) groups is 2. The summed E-state index contributed by atoms with van der Waals surface area (Å²) < 4.78 is 5.36. The molecule has 0 heterocycles.